The molecule has 0 unspecified atom stereocenters. The maximum atomic E-state index is 14.4. The van der Waals surface area contributed by atoms with E-state index in [1.165, 1.54) is 0 Å². The van der Waals surface area contributed by atoms with Crippen molar-refractivity contribution in [3.63, 3.8) is 0 Å². The molecule has 0 radical (unpaired) electrons. The van der Waals surface area contributed by atoms with Crippen molar-refractivity contribution in [3.05, 3.63) is 131 Å². The number of fused-ring (bicyclic) bond motifs is 6. The Morgan fingerprint density at radius 3 is 2.34 bits per heavy atom. The lowest BCUT2D eigenvalue weighted by Crippen LogP contribution is -2.57. The number of rotatable bonds is 3. The van der Waals surface area contributed by atoms with Crippen LogP contribution in [0.3, 0.4) is 0 Å². The molecule has 4 aromatic carbocycles. The first kappa shape index (κ1) is 20.0. The monoisotopic (exact) mass is 457 g/mol. The van der Waals surface area contributed by atoms with Crippen LogP contribution in [0.1, 0.15) is 34.7 Å². The van der Waals surface area contributed by atoms with Gasteiger partial charge in [0.1, 0.15) is 5.75 Å². The van der Waals surface area contributed by atoms with E-state index in [1.54, 1.807) is 0 Å². The molecule has 170 valence electrons. The first-order chi connectivity index (χ1) is 17.3. The van der Waals surface area contributed by atoms with Crippen molar-refractivity contribution in [2.75, 3.05) is 4.90 Å². The lowest BCUT2D eigenvalue weighted by Gasteiger charge is -2.44. The number of benzene rings is 4. The molecule has 1 amide bonds. The molecule has 5 nitrogen and oxygen atoms in total. The van der Waals surface area contributed by atoms with Crippen LogP contribution in [0, 0.1) is 0 Å². The molecule has 0 bridgehead atoms. The Balaban J connectivity index is 1.41. The van der Waals surface area contributed by atoms with Gasteiger partial charge in [0.25, 0.3) is 5.91 Å². The lowest BCUT2D eigenvalue weighted by atomic mass is 9.92. The van der Waals surface area contributed by atoms with Crippen LogP contribution < -0.4 is 9.64 Å². The number of anilines is 1. The van der Waals surface area contributed by atoms with E-state index in [2.05, 4.69) is 18.2 Å². The molecule has 0 aliphatic carbocycles. The zero-order valence-corrected chi connectivity index (χ0v) is 19.0. The molecule has 3 aliphatic rings. The standard InChI is InChI=1S/C30H23N3O2/c34-29-30(24-16-8-9-17-26(24)32(29)20-21-11-3-1-4-12-21)33-27(23-15-7-10-18-28(23)35-30)19-25(31-33)22-13-5-2-6-14-22/h1-18,27H,19-20H2/t27-,30+/m0/s1. The Labute approximate surface area is 203 Å². The normalized spacial score (nSPS) is 21.9. The fourth-order valence-corrected chi connectivity index (χ4v) is 5.55. The Kier molecular flexibility index (Phi) is 4.33. The summed E-state index contributed by atoms with van der Waals surface area (Å²) in [5.41, 5.74) is 4.49. The number of hydrogen-bond acceptors (Lipinski definition) is 4. The van der Waals surface area contributed by atoms with E-state index in [0.717, 1.165) is 39.4 Å². The van der Waals surface area contributed by atoms with Crippen LogP contribution >= 0.6 is 0 Å². The Hall–Kier alpha value is -4.38. The van der Waals surface area contributed by atoms with Gasteiger partial charge in [-0.3, -0.25) is 4.79 Å². The lowest BCUT2D eigenvalue weighted by molar-refractivity contribution is -0.164. The summed E-state index contributed by atoms with van der Waals surface area (Å²) in [6, 6.07) is 36.1. The van der Waals surface area contributed by atoms with E-state index in [1.807, 2.05) is 101 Å². The molecule has 2 atom stereocenters. The molecule has 0 N–H and O–H groups in total. The van der Waals surface area contributed by atoms with Crippen LogP contribution in [-0.4, -0.2) is 16.6 Å². The summed E-state index contributed by atoms with van der Waals surface area (Å²) in [7, 11) is 0. The van der Waals surface area contributed by atoms with Gasteiger partial charge in [-0.05, 0) is 23.3 Å². The number of ether oxygens (including phenoxy) is 1. The maximum Gasteiger partial charge on any atom is 0.306 e. The fraction of sp³-hybridized carbons (Fsp3) is 0.133. The largest absolute Gasteiger partial charge is 0.453 e. The molecular formula is C30H23N3O2. The van der Waals surface area contributed by atoms with Gasteiger partial charge in [0.15, 0.2) is 0 Å². The maximum absolute atomic E-state index is 14.4. The third kappa shape index (κ3) is 2.88. The van der Waals surface area contributed by atoms with E-state index >= 15 is 0 Å². The van der Waals surface area contributed by atoms with Crippen LogP contribution in [0.25, 0.3) is 0 Å². The number of carbonyl (C=O) groups is 1. The third-order valence-electron chi connectivity index (χ3n) is 7.15. The van der Waals surface area contributed by atoms with Crippen molar-refractivity contribution in [3.8, 4) is 5.75 Å². The Morgan fingerprint density at radius 2 is 1.51 bits per heavy atom. The molecule has 5 heteroatoms. The molecule has 0 saturated carbocycles. The Bertz CT molecular complexity index is 1470. The number of amides is 1. The van der Waals surface area contributed by atoms with E-state index in [-0.39, 0.29) is 11.9 Å². The molecule has 7 rings (SSSR count). The summed E-state index contributed by atoms with van der Waals surface area (Å²) < 4.78 is 6.71. The highest BCUT2D eigenvalue weighted by Gasteiger charge is 2.63. The summed E-state index contributed by atoms with van der Waals surface area (Å²) in [6.45, 7) is 0.469. The topological polar surface area (TPSA) is 45.1 Å². The molecular weight excluding hydrogens is 434 g/mol. The SMILES string of the molecule is O=C1N(Cc2ccccc2)c2ccccc2[C@@]12Oc1ccccc1[C@@H]1CC(c3ccccc3)=NN12. The van der Waals surface area contributed by atoms with Crippen LogP contribution in [0.2, 0.25) is 0 Å². The first-order valence-corrected chi connectivity index (χ1v) is 11.9. The van der Waals surface area contributed by atoms with Crippen LogP contribution in [-0.2, 0) is 17.1 Å². The number of hydrazone groups is 1. The molecule has 3 heterocycles. The van der Waals surface area contributed by atoms with E-state index < -0.39 is 5.72 Å². The minimum atomic E-state index is -1.35. The molecule has 4 aromatic rings. The van der Waals surface area contributed by atoms with E-state index in [9.17, 15) is 4.79 Å². The first-order valence-electron chi connectivity index (χ1n) is 11.9. The van der Waals surface area contributed by atoms with Crippen molar-refractivity contribution < 1.29 is 9.53 Å². The second kappa shape index (κ2) is 7.57. The van der Waals surface area contributed by atoms with Crippen molar-refractivity contribution in [2.45, 2.75) is 24.7 Å². The highest BCUT2D eigenvalue weighted by atomic mass is 16.5. The number of carbonyl (C=O) groups excluding carboxylic acids is 1. The summed E-state index contributed by atoms with van der Waals surface area (Å²) in [4.78, 5) is 16.3. The van der Waals surface area contributed by atoms with Crippen LogP contribution in [0.5, 0.6) is 5.75 Å². The number of para-hydroxylation sites is 2. The van der Waals surface area contributed by atoms with E-state index in [4.69, 9.17) is 9.84 Å². The minimum absolute atomic E-state index is 0.0937. The molecule has 0 fully saturated rings. The summed E-state index contributed by atoms with van der Waals surface area (Å²) in [6.07, 6.45) is 0.709. The predicted molar refractivity (Wildman–Crippen MR) is 135 cm³/mol. The molecule has 35 heavy (non-hydrogen) atoms. The van der Waals surface area contributed by atoms with Gasteiger partial charge in [-0.25, -0.2) is 5.01 Å². The summed E-state index contributed by atoms with van der Waals surface area (Å²) in [5, 5.41) is 7.00. The predicted octanol–water partition coefficient (Wildman–Crippen LogP) is 5.63. The highest BCUT2D eigenvalue weighted by Crippen LogP contribution is 2.55. The van der Waals surface area contributed by atoms with Crippen molar-refractivity contribution in [1.82, 2.24) is 5.01 Å². The van der Waals surface area contributed by atoms with Gasteiger partial charge in [-0.2, -0.15) is 5.10 Å². The number of hydrogen-bond donors (Lipinski definition) is 0. The van der Waals surface area contributed by atoms with Gasteiger partial charge >= 0.3 is 5.72 Å². The van der Waals surface area contributed by atoms with Gasteiger partial charge in [-0.15, -0.1) is 0 Å². The third-order valence-corrected chi connectivity index (χ3v) is 7.15. The summed E-state index contributed by atoms with van der Waals surface area (Å²) in [5.74, 6) is 0.628. The smallest absolute Gasteiger partial charge is 0.306 e. The van der Waals surface area contributed by atoms with Gasteiger partial charge in [0.2, 0.25) is 0 Å². The van der Waals surface area contributed by atoms with Crippen molar-refractivity contribution in [1.29, 1.82) is 0 Å². The minimum Gasteiger partial charge on any atom is -0.453 e. The Morgan fingerprint density at radius 1 is 0.829 bits per heavy atom. The molecule has 0 aromatic heterocycles. The van der Waals surface area contributed by atoms with Gasteiger partial charge < -0.3 is 9.64 Å². The van der Waals surface area contributed by atoms with Crippen molar-refractivity contribution >= 4 is 17.3 Å². The fourth-order valence-electron chi connectivity index (χ4n) is 5.55. The van der Waals surface area contributed by atoms with Crippen LogP contribution in [0.15, 0.2) is 114 Å². The van der Waals surface area contributed by atoms with Crippen LogP contribution in [0.4, 0.5) is 5.69 Å². The average Bonchev–Trinajstić information content (AvgIpc) is 3.46. The molecule has 3 aliphatic heterocycles. The summed E-state index contributed by atoms with van der Waals surface area (Å²) >= 11 is 0. The molecule has 0 saturated heterocycles. The van der Waals surface area contributed by atoms with Gasteiger partial charge in [0, 0.05) is 12.0 Å². The second-order valence-electron chi connectivity index (χ2n) is 9.16. The quantitative estimate of drug-likeness (QED) is 0.401. The van der Waals surface area contributed by atoms with Gasteiger partial charge in [-0.1, -0.05) is 97.1 Å². The van der Waals surface area contributed by atoms with Crippen molar-refractivity contribution in [2.24, 2.45) is 5.10 Å². The highest BCUT2D eigenvalue weighted by molar-refractivity contribution is 6.08. The zero-order valence-electron chi connectivity index (χ0n) is 19.0. The molecule has 1 spiro atoms. The number of nitrogens with zero attached hydrogens (tertiary/aromatic N) is 3. The second-order valence-corrected chi connectivity index (χ2v) is 9.16. The van der Waals surface area contributed by atoms with E-state index in [0.29, 0.717) is 13.0 Å². The average molecular weight is 458 g/mol. The van der Waals surface area contributed by atoms with Gasteiger partial charge in [0.05, 0.1) is 29.5 Å². The zero-order chi connectivity index (χ0) is 23.4.